The average Bonchev–Trinajstić information content (AvgIpc) is 2.49. The zero-order valence-corrected chi connectivity index (χ0v) is 13.7. The highest BCUT2D eigenvalue weighted by Gasteiger charge is 2.45. The summed E-state index contributed by atoms with van der Waals surface area (Å²) in [4.78, 5) is 10.6. The zero-order chi connectivity index (χ0) is 15.1. The maximum absolute atomic E-state index is 11.0. The van der Waals surface area contributed by atoms with Gasteiger partial charge in [-0.3, -0.25) is 10.1 Å². The van der Waals surface area contributed by atoms with Crippen LogP contribution in [0, 0.1) is 10.1 Å². The van der Waals surface area contributed by atoms with E-state index in [2.05, 4.69) is 35.1 Å². The van der Waals surface area contributed by atoms with Crippen LogP contribution in [0.1, 0.15) is 34.1 Å². The molecule has 0 saturated carbocycles. The zero-order valence-electron chi connectivity index (χ0n) is 12.1. The Labute approximate surface area is 127 Å². The lowest BCUT2D eigenvalue weighted by Crippen LogP contribution is -2.38. The molecule has 1 unspecified atom stereocenters. The van der Waals surface area contributed by atoms with Crippen molar-refractivity contribution in [3.63, 3.8) is 0 Å². The lowest BCUT2D eigenvalue weighted by Gasteiger charge is -2.28. The van der Waals surface area contributed by atoms with E-state index in [9.17, 15) is 10.1 Å². The van der Waals surface area contributed by atoms with Crippen LogP contribution in [-0.4, -0.2) is 22.2 Å². The highest BCUT2D eigenvalue weighted by atomic mass is 79.9. The molecule has 0 aliphatic carbocycles. The van der Waals surface area contributed by atoms with Crippen molar-refractivity contribution in [1.29, 1.82) is 0 Å². The molecule has 110 valence electrons. The van der Waals surface area contributed by atoms with Gasteiger partial charge in [0.15, 0.2) is 0 Å². The van der Waals surface area contributed by atoms with Crippen molar-refractivity contribution in [2.45, 2.75) is 51.4 Å². The molecular formula is C14H19BrN2O3. The summed E-state index contributed by atoms with van der Waals surface area (Å²) in [7, 11) is 0. The smallest absolute Gasteiger partial charge is 0.285 e. The molecule has 0 radical (unpaired) electrons. The summed E-state index contributed by atoms with van der Waals surface area (Å²) in [6.07, 6.45) is 0.851. The predicted octanol–water partition coefficient (Wildman–Crippen LogP) is 4.12. The second-order valence-corrected chi connectivity index (χ2v) is 7.14. The van der Waals surface area contributed by atoms with Crippen molar-refractivity contribution in [2.24, 2.45) is 0 Å². The van der Waals surface area contributed by atoms with E-state index in [0.29, 0.717) is 4.47 Å². The minimum atomic E-state index is -0.393. The number of benzene rings is 1. The van der Waals surface area contributed by atoms with Crippen LogP contribution in [0.2, 0.25) is 0 Å². The van der Waals surface area contributed by atoms with Crippen LogP contribution >= 0.6 is 15.9 Å². The minimum Gasteiger partial charge on any atom is -0.379 e. The summed E-state index contributed by atoms with van der Waals surface area (Å²) >= 11 is 3.19. The number of nitrogens with zero attached hydrogens (tertiary/aromatic N) is 1. The maximum atomic E-state index is 11.0. The highest BCUT2D eigenvalue weighted by Crippen LogP contribution is 2.39. The summed E-state index contributed by atoms with van der Waals surface area (Å²) < 4.78 is 6.50. The molecule has 1 saturated heterocycles. The van der Waals surface area contributed by atoms with Gasteiger partial charge >= 0.3 is 0 Å². The second kappa shape index (κ2) is 5.00. The third-order valence-electron chi connectivity index (χ3n) is 3.56. The van der Waals surface area contributed by atoms with Gasteiger partial charge in [-0.2, -0.15) is 0 Å². The normalized spacial score (nSPS) is 23.6. The summed E-state index contributed by atoms with van der Waals surface area (Å²) in [5.41, 5.74) is 0.290. The Morgan fingerprint density at radius 3 is 2.55 bits per heavy atom. The largest absolute Gasteiger partial charge is 0.379 e. The number of hydrogen-bond donors (Lipinski definition) is 1. The number of halogens is 1. The first-order valence-corrected chi connectivity index (χ1v) is 7.31. The number of hydrogen-bond acceptors (Lipinski definition) is 4. The second-order valence-electron chi connectivity index (χ2n) is 6.29. The van der Waals surface area contributed by atoms with Gasteiger partial charge in [0.25, 0.3) is 5.69 Å². The molecule has 1 N–H and O–H groups in total. The van der Waals surface area contributed by atoms with Crippen LogP contribution in [0.15, 0.2) is 22.7 Å². The quantitative estimate of drug-likeness (QED) is 0.662. The Morgan fingerprint density at radius 1 is 1.40 bits per heavy atom. The van der Waals surface area contributed by atoms with E-state index >= 15 is 0 Å². The molecule has 6 heteroatoms. The van der Waals surface area contributed by atoms with Gasteiger partial charge in [-0.15, -0.1) is 0 Å². The highest BCUT2D eigenvalue weighted by molar-refractivity contribution is 9.10. The van der Waals surface area contributed by atoms with E-state index in [-0.39, 0.29) is 22.9 Å². The average molecular weight is 343 g/mol. The first-order valence-electron chi connectivity index (χ1n) is 6.51. The molecule has 1 aromatic rings. The molecular weight excluding hydrogens is 324 g/mol. The SMILES string of the molecule is CC1(C)CC(Nc2ccc(Br)c([N+](=O)[O-])c2)C(C)(C)O1. The van der Waals surface area contributed by atoms with E-state index in [1.54, 1.807) is 12.1 Å². The molecule has 1 aromatic carbocycles. The standard InChI is InChI=1S/C14H19BrN2O3/c1-13(2)8-12(14(3,4)20-13)16-9-5-6-10(15)11(7-9)17(18)19/h5-7,12,16H,8H2,1-4H3. The summed E-state index contributed by atoms with van der Waals surface area (Å²) in [5, 5.41) is 14.3. The predicted molar refractivity (Wildman–Crippen MR) is 82.1 cm³/mol. The Bertz CT molecular complexity index is 543. The van der Waals surface area contributed by atoms with E-state index < -0.39 is 4.92 Å². The van der Waals surface area contributed by atoms with Gasteiger partial charge < -0.3 is 10.1 Å². The lowest BCUT2D eigenvalue weighted by molar-refractivity contribution is -0.385. The van der Waals surface area contributed by atoms with Crippen molar-refractivity contribution >= 4 is 27.3 Å². The molecule has 1 aliphatic heterocycles. The van der Waals surface area contributed by atoms with Crippen LogP contribution in [0.4, 0.5) is 11.4 Å². The number of anilines is 1. The van der Waals surface area contributed by atoms with E-state index in [0.717, 1.165) is 12.1 Å². The first kappa shape index (κ1) is 15.3. The first-order chi connectivity index (χ1) is 9.11. The van der Waals surface area contributed by atoms with Crippen LogP contribution in [-0.2, 0) is 4.74 Å². The Hall–Kier alpha value is -1.14. The fourth-order valence-corrected chi connectivity index (χ4v) is 3.12. The number of nitro benzene ring substituents is 1. The lowest BCUT2D eigenvalue weighted by atomic mass is 9.94. The van der Waals surface area contributed by atoms with Crippen molar-refractivity contribution in [1.82, 2.24) is 0 Å². The maximum Gasteiger partial charge on any atom is 0.285 e. The summed E-state index contributed by atoms with van der Waals surface area (Å²) in [5.74, 6) is 0. The Kier molecular flexibility index (Phi) is 3.81. The summed E-state index contributed by atoms with van der Waals surface area (Å²) in [6, 6.07) is 5.18. The van der Waals surface area contributed by atoms with Gasteiger partial charge in [0, 0.05) is 11.8 Å². The molecule has 0 spiro atoms. The number of nitro groups is 1. The fourth-order valence-electron chi connectivity index (χ4n) is 2.73. The van der Waals surface area contributed by atoms with Gasteiger partial charge in [0.2, 0.25) is 0 Å². The van der Waals surface area contributed by atoms with Crippen LogP contribution in [0.25, 0.3) is 0 Å². The third kappa shape index (κ3) is 3.12. The molecule has 0 bridgehead atoms. The molecule has 5 nitrogen and oxygen atoms in total. The third-order valence-corrected chi connectivity index (χ3v) is 4.23. The number of ether oxygens (including phenoxy) is 1. The van der Waals surface area contributed by atoms with Crippen LogP contribution < -0.4 is 5.32 Å². The van der Waals surface area contributed by atoms with E-state index in [1.807, 2.05) is 19.9 Å². The molecule has 1 heterocycles. The Morgan fingerprint density at radius 2 is 2.05 bits per heavy atom. The van der Waals surface area contributed by atoms with E-state index in [1.165, 1.54) is 0 Å². The van der Waals surface area contributed by atoms with Crippen molar-refractivity contribution in [3.05, 3.63) is 32.8 Å². The Balaban J connectivity index is 2.23. The van der Waals surface area contributed by atoms with Crippen LogP contribution in [0.5, 0.6) is 0 Å². The van der Waals surface area contributed by atoms with Gasteiger partial charge in [-0.05, 0) is 62.2 Å². The van der Waals surface area contributed by atoms with Crippen LogP contribution in [0.3, 0.4) is 0 Å². The van der Waals surface area contributed by atoms with Gasteiger partial charge in [-0.1, -0.05) is 0 Å². The molecule has 1 aliphatic rings. The van der Waals surface area contributed by atoms with Crippen molar-refractivity contribution in [3.8, 4) is 0 Å². The monoisotopic (exact) mass is 342 g/mol. The topological polar surface area (TPSA) is 64.4 Å². The van der Waals surface area contributed by atoms with Crippen molar-refractivity contribution < 1.29 is 9.66 Å². The molecule has 0 amide bonds. The molecule has 1 atom stereocenters. The molecule has 1 fully saturated rings. The van der Waals surface area contributed by atoms with Gasteiger partial charge in [-0.25, -0.2) is 0 Å². The molecule has 0 aromatic heterocycles. The van der Waals surface area contributed by atoms with E-state index in [4.69, 9.17) is 4.74 Å². The van der Waals surface area contributed by atoms with Gasteiger partial charge in [0.05, 0.1) is 26.6 Å². The fraction of sp³-hybridized carbons (Fsp3) is 0.571. The number of rotatable bonds is 3. The van der Waals surface area contributed by atoms with Gasteiger partial charge in [0.1, 0.15) is 0 Å². The minimum absolute atomic E-state index is 0.0611. The van der Waals surface area contributed by atoms with Crippen molar-refractivity contribution in [2.75, 3.05) is 5.32 Å². The number of nitrogens with one attached hydrogen (secondary N) is 1. The molecule has 2 rings (SSSR count). The molecule has 20 heavy (non-hydrogen) atoms. The summed E-state index contributed by atoms with van der Waals surface area (Å²) in [6.45, 7) is 8.18.